The number of hydrogen-bond acceptors (Lipinski definition) is 4. The van der Waals surface area contributed by atoms with Gasteiger partial charge in [-0.05, 0) is 36.8 Å². The number of amidine groups is 1. The van der Waals surface area contributed by atoms with Crippen LogP contribution in [0.3, 0.4) is 0 Å². The van der Waals surface area contributed by atoms with Gasteiger partial charge in [0.2, 0.25) is 0 Å². The van der Waals surface area contributed by atoms with Crippen LogP contribution in [0, 0.1) is 12.7 Å². The van der Waals surface area contributed by atoms with Crippen LogP contribution in [0.2, 0.25) is 0 Å². The molecule has 0 aliphatic carbocycles. The molecule has 0 bridgehead atoms. The molecule has 2 rings (SSSR count). The highest BCUT2D eigenvalue weighted by Gasteiger charge is 2.10. The largest absolute Gasteiger partial charge is 0.455 e. The van der Waals surface area contributed by atoms with Crippen LogP contribution in [0.4, 0.5) is 4.39 Å². The highest BCUT2D eigenvalue weighted by Crippen LogP contribution is 2.25. The molecule has 6 heteroatoms. The van der Waals surface area contributed by atoms with E-state index < -0.39 is 0 Å². The summed E-state index contributed by atoms with van der Waals surface area (Å²) in [5.41, 5.74) is 6.40. The second kappa shape index (κ2) is 5.34. The molecule has 0 saturated carbocycles. The van der Waals surface area contributed by atoms with Gasteiger partial charge in [0.15, 0.2) is 11.6 Å². The first-order chi connectivity index (χ1) is 9.11. The normalized spacial score (nSPS) is 11.4. The molecule has 0 radical (unpaired) electrons. The van der Waals surface area contributed by atoms with E-state index in [4.69, 9.17) is 15.7 Å². The van der Waals surface area contributed by atoms with Crippen molar-refractivity contribution in [3.63, 3.8) is 0 Å². The Morgan fingerprint density at radius 1 is 1.42 bits per heavy atom. The van der Waals surface area contributed by atoms with Crippen LogP contribution in [-0.2, 0) is 0 Å². The number of nitrogens with zero attached hydrogens (tertiary/aromatic N) is 2. The van der Waals surface area contributed by atoms with Gasteiger partial charge in [0, 0.05) is 6.20 Å². The van der Waals surface area contributed by atoms with E-state index >= 15 is 0 Å². The molecule has 0 amide bonds. The summed E-state index contributed by atoms with van der Waals surface area (Å²) in [5.74, 6) is 0.370. The zero-order valence-corrected chi connectivity index (χ0v) is 10.2. The molecule has 0 atom stereocenters. The Kier molecular flexibility index (Phi) is 3.61. The minimum absolute atomic E-state index is 0.0868. The van der Waals surface area contributed by atoms with Crippen molar-refractivity contribution in [1.29, 1.82) is 0 Å². The quantitative estimate of drug-likeness (QED) is 0.385. The summed E-state index contributed by atoms with van der Waals surface area (Å²) < 4.78 is 18.7. The number of aryl methyl sites for hydroxylation is 1. The lowest BCUT2D eigenvalue weighted by Gasteiger charge is -2.10. The predicted octanol–water partition coefficient (Wildman–Crippen LogP) is 2.42. The smallest absolute Gasteiger partial charge is 0.173 e. The summed E-state index contributed by atoms with van der Waals surface area (Å²) >= 11 is 0. The summed E-state index contributed by atoms with van der Waals surface area (Å²) in [4.78, 5) is 3.91. The van der Waals surface area contributed by atoms with Crippen molar-refractivity contribution < 1.29 is 14.3 Å². The third-order valence-corrected chi connectivity index (χ3v) is 2.53. The first kappa shape index (κ1) is 12.8. The van der Waals surface area contributed by atoms with Gasteiger partial charge < -0.3 is 15.7 Å². The number of oxime groups is 1. The van der Waals surface area contributed by atoms with E-state index in [0.29, 0.717) is 22.6 Å². The zero-order valence-electron chi connectivity index (χ0n) is 10.2. The molecule has 0 aliphatic rings. The molecule has 19 heavy (non-hydrogen) atoms. The lowest BCUT2D eigenvalue weighted by atomic mass is 10.2. The number of nitrogens with two attached hydrogens (primary N) is 1. The maximum absolute atomic E-state index is 13.2. The van der Waals surface area contributed by atoms with Crippen LogP contribution in [0.5, 0.6) is 11.5 Å². The number of hydrogen-bond donors (Lipinski definition) is 2. The number of halogens is 1. The summed E-state index contributed by atoms with van der Waals surface area (Å²) in [6.07, 6.45) is 2.93. The fraction of sp³-hybridized carbons (Fsp3) is 0.0769. The number of ether oxygens (including phenoxy) is 1. The zero-order chi connectivity index (χ0) is 13.8. The highest BCUT2D eigenvalue weighted by molar-refractivity contribution is 5.99. The summed E-state index contributed by atoms with van der Waals surface area (Å²) in [7, 11) is 0. The van der Waals surface area contributed by atoms with Crippen molar-refractivity contribution in [1.82, 2.24) is 4.98 Å². The van der Waals surface area contributed by atoms with Gasteiger partial charge in [-0.25, -0.2) is 4.39 Å². The van der Waals surface area contributed by atoms with Crippen LogP contribution >= 0.6 is 0 Å². The second-order valence-electron chi connectivity index (χ2n) is 3.87. The van der Waals surface area contributed by atoms with Gasteiger partial charge >= 0.3 is 0 Å². The number of pyridine rings is 1. The molecule has 0 aliphatic heterocycles. The minimum atomic E-state index is -0.310. The van der Waals surface area contributed by atoms with Gasteiger partial charge in [0.25, 0.3) is 0 Å². The monoisotopic (exact) mass is 261 g/mol. The molecule has 0 saturated heterocycles. The molecular formula is C13H12FN3O2. The topological polar surface area (TPSA) is 80.7 Å². The van der Waals surface area contributed by atoms with Crippen molar-refractivity contribution >= 4 is 5.84 Å². The number of benzene rings is 1. The average Bonchev–Trinajstić information content (AvgIpc) is 2.43. The van der Waals surface area contributed by atoms with Crippen molar-refractivity contribution in [3.8, 4) is 11.5 Å². The Morgan fingerprint density at radius 3 is 2.89 bits per heavy atom. The second-order valence-corrected chi connectivity index (χ2v) is 3.87. The summed E-state index contributed by atoms with van der Waals surface area (Å²) in [6, 6.07) is 5.91. The minimum Gasteiger partial charge on any atom is -0.455 e. The van der Waals surface area contributed by atoms with E-state index in [1.807, 2.05) is 0 Å². The third kappa shape index (κ3) is 2.79. The average molecular weight is 261 g/mol. The first-order valence-corrected chi connectivity index (χ1v) is 5.47. The maximum Gasteiger partial charge on any atom is 0.173 e. The number of aromatic nitrogens is 1. The van der Waals surface area contributed by atoms with Crippen LogP contribution in [0.15, 0.2) is 41.8 Å². The van der Waals surface area contributed by atoms with Crippen LogP contribution in [0.25, 0.3) is 0 Å². The number of rotatable bonds is 3. The van der Waals surface area contributed by atoms with E-state index in [0.717, 1.165) is 0 Å². The molecule has 5 nitrogen and oxygen atoms in total. The van der Waals surface area contributed by atoms with E-state index in [1.165, 1.54) is 24.5 Å². The third-order valence-electron chi connectivity index (χ3n) is 2.53. The Hall–Kier alpha value is -2.63. The van der Waals surface area contributed by atoms with E-state index in [2.05, 4.69) is 10.1 Å². The highest BCUT2D eigenvalue weighted by atomic mass is 19.1. The molecular weight excluding hydrogens is 249 g/mol. The SMILES string of the molecule is Cc1cc(Oc2cnccc2/C(N)=N/O)ccc1F. The fourth-order valence-electron chi connectivity index (χ4n) is 1.53. The lowest BCUT2D eigenvalue weighted by molar-refractivity contribution is 0.318. The van der Waals surface area contributed by atoms with Gasteiger partial charge in [-0.1, -0.05) is 5.16 Å². The molecule has 2 aromatic rings. The Bertz CT molecular complexity index is 629. The Balaban J connectivity index is 2.35. The van der Waals surface area contributed by atoms with Gasteiger partial charge in [-0.3, -0.25) is 4.98 Å². The van der Waals surface area contributed by atoms with Crippen LogP contribution < -0.4 is 10.5 Å². The van der Waals surface area contributed by atoms with Crippen molar-refractivity contribution in [2.75, 3.05) is 0 Å². The Labute approximate surface area is 109 Å². The molecule has 0 unspecified atom stereocenters. The van der Waals surface area contributed by atoms with Gasteiger partial charge in [-0.2, -0.15) is 0 Å². The summed E-state index contributed by atoms with van der Waals surface area (Å²) in [6.45, 7) is 1.63. The Morgan fingerprint density at radius 2 is 2.21 bits per heavy atom. The van der Waals surface area contributed by atoms with Crippen molar-refractivity contribution in [2.24, 2.45) is 10.9 Å². The molecule has 1 aromatic heterocycles. The fourth-order valence-corrected chi connectivity index (χ4v) is 1.53. The lowest BCUT2D eigenvalue weighted by Crippen LogP contribution is -2.14. The van der Waals surface area contributed by atoms with E-state index in [9.17, 15) is 4.39 Å². The molecule has 0 spiro atoms. The maximum atomic E-state index is 13.2. The molecule has 1 heterocycles. The first-order valence-electron chi connectivity index (χ1n) is 5.47. The summed E-state index contributed by atoms with van der Waals surface area (Å²) in [5, 5.41) is 11.6. The van der Waals surface area contributed by atoms with Crippen LogP contribution in [-0.4, -0.2) is 16.0 Å². The van der Waals surface area contributed by atoms with Crippen LogP contribution in [0.1, 0.15) is 11.1 Å². The van der Waals surface area contributed by atoms with Gasteiger partial charge in [0.1, 0.15) is 11.6 Å². The molecule has 98 valence electrons. The molecule has 1 aromatic carbocycles. The van der Waals surface area contributed by atoms with Crippen molar-refractivity contribution in [3.05, 3.63) is 53.6 Å². The molecule has 0 fully saturated rings. The van der Waals surface area contributed by atoms with Gasteiger partial charge in [0.05, 0.1) is 11.8 Å². The predicted molar refractivity (Wildman–Crippen MR) is 68.0 cm³/mol. The standard InChI is InChI=1S/C13H12FN3O2/c1-8-6-9(2-3-11(8)14)19-12-7-16-5-4-10(12)13(15)17-18/h2-7,18H,1H3,(H2,15,17). The van der Waals surface area contributed by atoms with E-state index in [1.54, 1.807) is 19.1 Å². The van der Waals surface area contributed by atoms with Crippen molar-refractivity contribution in [2.45, 2.75) is 6.92 Å². The van der Waals surface area contributed by atoms with E-state index in [-0.39, 0.29) is 11.7 Å². The van der Waals surface area contributed by atoms with Gasteiger partial charge in [-0.15, -0.1) is 0 Å². The molecule has 3 N–H and O–H groups in total.